The summed E-state index contributed by atoms with van der Waals surface area (Å²) < 4.78 is 0. The number of fused-ring (bicyclic) bond motifs is 1. The van der Waals surface area contributed by atoms with Crippen LogP contribution in [0.1, 0.15) is 52.9 Å². The number of aliphatic hydroxyl groups is 6. The van der Waals surface area contributed by atoms with E-state index in [2.05, 4.69) is 6.92 Å². The first-order valence-electron chi connectivity index (χ1n) is 9.71. The van der Waals surface area contributed by atoms with Crippen molar-refractivity contribution in [2.24, 2.45) is 17.3 Å². The van der Waals surface area contributed by atoms with Gasteiger partial charge in [-0.2, -0.15) is 0 Å². The lowest BCUT2D eigenvalue weighted by Gasteiger charge is -2.43. The molecule has 3 aliphatic rings. The minimum atomic E-state index is -2.61. The van der Waals surface area contributed by atoms with Crippen LogP contribution in [-0.2, 0) is 0 Å². The van der Waals surface area contributed by atoms with Gasteiger partial charge in [0.1, 0.15) is 0 Å². The summed E-state index contributed by atoms with van der Waals surface area (Å²) in [6, 6.07) is 0. The number of hydrogen-bond donors (Lipinski definition) is 6. The summed E-state index contributed by atoms with van der Waals surface area (Å²) in [6.45, 7) is 5.69. The van der Waals surface area contributed by atoms with Gasteiger partial charge in [-0.1, -0.05) is 30.7 Å². The molecule has 3 rings (SSSR count). The van der Waals surface area contributed by atoms with Crippen LogP contribution >= 0.6 is 0 Å². The summed E-state index contributed by atoms with van der Waals surface area (Å²) in [5.74, 6) is -4.81. The largest absolute Gasteiger partial charge is 0.393 e. The molecule has 0 saturated heterocycles. The van der Waals surface area contributed by atoms with Crippen LogP contribution in [0.2, 0.25) is 0 Å². The minimum absolute atomic E-state index is 0.136. The Morgan fingerprint density at radius 3 is 2.33 bits per heavy atom. The molecular formula is C21H32O6. The summed E-state index contributed by atoms with van der Waals surface area (Å²) in [5, 5.41) is 60.1. The van der Waals surface area contributed by atoms with Gasteiger partial charge < -0.3 is 30.6 Å². The highest BCUT2D eigenvalue weighted by Crippen LogP contribution is 2.57. The van der Waals surface area contributed by atoms with Gasteiger partial charge in [0.25, 0.3) is 0 Å². The van der Waals surface area contributed by atoms with E-state index in [-0.39, 0.29) is 30.1 Å². The third-order valence-electron chi connectivity index (χ3n) is 7.04. The SMILES string of the molecule is CC1=C(/C=C/C2=C[C@H](O)C[C@]3(C)[C@@H]([C@@H](C)O)CC[C@@H]23)CC(O)(O)C(O)(O)C1. The van der Waals surface area contributed by atoms with E-state index in [1.807, 2.05) is 19.1 Å². The maximum absolute atomic E-state index is 10.4. The first kappa shape index (κ1) is 20.7. The van der Waals surface area contributed by atoms with Gasteiger partial charge >= 0.3 is 0 Å². The zero-order valence-electron chi connectivity index (χ0n) is 16.3. The van der Waals surface area contributed by atoms with Gasteiger partial charge in [-0.25, -0.2) is 0 Å². The van der Waals surface area contributed by atoms with Crippen molar-refractivity contribution in [1.29, 1.82) is 0 Å². The second-order valence-corrected chi connectivity index (χ2v) is 9.05. The lowest BCUT2D eigenvalue weighted by molar-refractivity contribution is -0.358. The zero-order valence-corrected chi connectivity index (χ0v) is 16.3. The van der Waals surface area contributed by atoms with E-state index in [1.165, 1.54) is 0 Å². The van der Waals surface area contributed by atoms with Crippen molar-refractivity contribution in [3.8, 4) is 0 Å². The Kier molecular flexibility index (Phi) is 5.21. The molecule has 0 bridgehead atoms. The Morgan fingerprint density at radius 1 is 1.07 bits per heavy atom. The van der Waals surface area contributed by atoms with Gasteiger partial charge in [-0.05, 0) is 61.5 Å². The van der Waals surface area contributed by atoms with Gasteiger partial charge in [0.05, 0.1) is 12.2 Å². The highest BCUT2D eigenvalue weighted by molar-refractivity contribution is 5.38. The second-order valence-electron chi connectivity index (χ2n) is 9.05. The lowest BCUT2D eigenvalue weighted by Crippen LogP contribution is -2.56. The van der Waals surface area contributed by atoms with E-state index in [0.29, 0.717) is 17.6 Å². The molecule has 6 nitrogen and oxygen atoms in total. The van der Waals surface area contributed by atoms with Crippen LogP contribution in [0.5, 0.6) is 0 Å². The van der Waals surface area contributed by atoms with E-state index >= 15 is 0 Å². The predicted octanol–water partition coefficient (Wildman–Crippen LogP) is 1.12. The smallest absolute Gasteiger partial charge is 0.222 e. The number of allylic oxidation sites excluding steroid dienone is 3. The number of hydrogen-bond acceptors (Lipinski definition) is 6. The molecule has 0 amide bonds. The summed E-state index contributed by atoms with van der Waals surface area (Å²) in [4.78, 5) is 0. The molecule has 0 aromatic rings. The Hall–Kier alpha value is -1.02. The average molecular weight is 380 g/mol. The van der Waals surface area contributed by atoms with Crippen molar-refractivity contribution in [3.05, 3.63) is 34.9 Å². The topological polar surface area (TPSA) is 121 Å². The van der Waals surface area contributed by atoms with Gasteiger partial charge in [0.15, 0.2) is 0 Å². The van der Waals surface area contributed by atoms with E-state index in [1.54, 1.807) is 13.0 Å². The maximum Gasteiger partial charge on any atom is 0.222 e. The summed E-state index contributed by atoms with van der Waals surface area (Å²) in [5.41, 5.74) is 2.14. The van der Waals surface area contributed by atoms with Crippen LogP contribution in [0.4, 0.5) is 0 Å². The van der Waals surface area contributed by atoms with Crippen LogP contribution in [-0.4, -0.2) is 54.4 Å². The Bertz CT molecular complexity index is 687. The molecule has 0 aromatic heterocycles. The molecule has 0 aliphatic heterocycles. The Labute approximate surface area is 160 Å². The fraction of sp³-hybridized carbons (Fsp3) is 0.714. The van der Waals surface area contributed by atoms with E-state index in [0.717, 1.165) is 18.4 Å². The molecule has 3 aliphatic carbocycles. The van der Waals surface area contributed by atoms with Crippen LogP contribution in [0, 0.1) is 17.3 Å². The van der Waals surface area contributed by atoms with Gasteiger partial charge in [0, 0.05) is 12.8 Å². The van der Waals surface area contributed by atoms with Crippen LogP contribution in [0.25, 0.3) is 0 Å². The molecule has 0 aromatic carbocycles. The van der Waals surface area contributed by atoms with E-state index < -0.39 is 23.8 Å². The van der Waals surface area contributed by atoms with Gasteiger partial charge in [0.2, 0.25) is 11.6 Å². The Morgan fingerprint density at radius 2 is 1.70 bits per heavy atom. The average Bonchev–Trinajstić information content (AvgIpc) is 2.85. The standard InChI is InChI=1S/C21H32O6/c1-12-9-20(24,25)21(26,27)10-15(12)5-4-14-8-16(23)11-19(3)17(13(2)22)6-7-18(14)19/h4-5,8,13,16-18,22-27H,6-7,9-11H2,1-3H3/b5-4+/t13-,16+,17-,18+,19-/m1/s1. The van der Waals surface area contributed by atoms with Gasteiger partial charge in [-0.15, -0.1) is 0 Å². The Balaban J connectivity index is 1.87. The second kappa shape index (κ2) is 6.79. The normalized spacial score (nSPS) is 39.4. The predicted molar refractivity (Wildman–Crippen MR) is 100 cm³/mol. The fourth-order valence-corrected chi connectivity index (χ4v) is 5.50. The monoisotopic (exact) mass is 380 g/mol. The molecule has 5 atom stereocenters. The van der Waals surface area contributed by atoms with Crippen molar-refractivity contribution >= 4 is 0 Å². The molecule has 0 spiro atoms. The molecule has 0 heterocycles. The molecular weight excluding hydrogens is 348 g/mol. The van der Waals surface area contributed by atoms with Crippen molar-refractivity contribution in [2.75, 3.05) is 0 Å². The highest BCUT2D eigenvalue weighted by Gasteiger charge is 2.52. The first-order chi connectivity index (χ1) is 12.4. The number of aliphatic hydroxyl groups excluding tert-OH is 2. The fourth-order valence-electron chi connectivity index (χ4n) is 5.50. The molecule has 0 unspecified atom stereocenters. The third kappa shape index (κ3) is 3.55. The highest BCUT2D eigenvalue weighted by atomic mass is 16.6. The van der Waals surface area contributed by atoms with E-state index in [4.69, 9.17) is 0 Å². The molecule has 0 radical (unpaired) electrons. The third-order valence-corrected chi connectivity index (χ3v) is 7.04. The van der Waals surface area contributed by atoms with Crippen LogP contribution in [0.15, 0.2) is 34.9 Å². The van der Waals surface area contributed by atoms with Crippen LogP contribution < -0.4 is 0 Å². The van der Waals surface area contributed by atoms with Crippen LogP contribution in [0.3, 0.4) is 0 Å². The molecule has 152 valence electrons. The maximum atomic E-state index is 10.4. The summed E-state index contributed by atoms with van der Waals surface area (Å²) in [6.07, 6.45) is 6.47. The lowest BCUT2D eigenvalue weighted by atomic mass is 9.63. The zero-order chi connectivity index (χ0) is 20.2. The van der Waals surface area contributed by atoms with Gasteiger partial charge in [-0.3, -0.25) is 0 Å². The van der Waals surface area contributed by atoms with Crippen molar-refractivity contribution < 1.29 is 30.6 Å². The number of rotatable bonds is 3. The molecule has 6 N–H and O–H groups in total. The van der Waals surface area contributed by atoms with E-state index in [9.17, 15) is 30.6 Å². The summed E-state index contributed by atoms with van der Waals surface area (Å²) >= 11 is 0. The summed E-state index contributed by atoms with van der Waals surface area (Å²) in [7, 11) is 0. The first-order valence-corrected chi connectivity index (χ1v) is 9.71. The van der Waals surface area contributed by atoms with Crippen molar-refractivity contribution in [3.63, 3.8) is 0 Å². The molecule has 1 saturated carbocycles. The molecule has 1 fully saturated rings. The van der Waals surface area contributed by atoms with Crippen molar-refractivity contribution in [1.82, 2.24) is 0 Å². The molecule has 27 heavy (non-hydrogen) atoms. The van der Waals surface area contributed by atoms with Crippen molar-refractivity contribution in [2.45, 2.75) is 76.7 Å². The minimum Gasteiger partial charge on any atom is -0.393 e. The quantitative estimate of drug-likeness (QED) is 0.408. The molecule has 6 heteroatoms.